The molecule has 4 aliphatic rings. The van der Waals surface area contributed by atoms with E-state index < -0.39 is 35.4 Å². The molecular formula is C31H54N2O11. The minimum absolute atomic E-state index is 0.0787. The molecule has 4 aliphatic heterocycles. The fraction of sp³-hybridized carbons (Fsp3) is 0.903. The fourth-order valence-corrected chi connectivity index (χ4v) is 5.53. The number of aliphatic hydroxyl groups is 1. The fourth-order valence-electron chi connectivity index (χ4n) is 5.53. The summed E-state index contributed by atoms with van der Waals surface area (Å²) in [6.45, 7) is 13.0. The maximum atomic E-state index is 12.3. The number of esters is 1. The molecule has 2 amide bonds. The van der Waals surface area contributed by atoms with E-state index in [1.807, 2.05) is 20.8 Å². The molecule has 0 aromatic carbocycles. The van der Waals surface area contributed by atoms with Crippen LogP contribution in [0, 0.1) is 0 Å². The van der Waals surface area contributed by atoms with Gasteiger partial charge in [0, 0.05) is 19.6 Å². The summed E-state index contributed by atoms with van der Waals surface area (Å²) in [7, 11) is 1.31. The van der Waals surface area contributed by atoms with Crippen molar-refractivity contribution < 1.29 is 52.6 Å². The van der Waals surface area contributed by atoms with Crippen molar-refractivity contribution in [1.29, 1.82) is 0 Å². The van der Waals surface area contributed by atoms with Crippen LogP contribution < -0.4 is 0 Å². The first-order chi connectivity index (χ1) is 20.7. The molecule has 1 N–H and O–H groups in total. The van der Waals surface area contributed by atoms with Gasteiger partial charge in [0.05, 0.1) is 45.1 Å². The molecule has 13 heteroatoms. The van der Waals surface area contributed by atoms with Crippen molar-refractivity contribution in [2.75, 3.05) is 40.0 Å². The predicted molar refractivity (Wildman–Crippen MR) is 159 cm³/mol. The van der Waals surface area contributed by atoms with E-state index in [1.165, 1.54) is 12.0 Å². The lowest BCUT2D eigenvalue weighted by Crippen LogP contribution is -2.44. The first-order valence-corrected chi connectivity index (χ1v) is 15.9. The monoisotopic (exact) mass is 630 g/mol. The zero-order valence-electron chi connectivity index (χ0n) is 27.6. The van der Waals surface area contributed by atoms with Gasteiger partial charge in [-0.05, 0) is 86.5 Å². The van der Waals surface area contributed by atoms with Gasteiger partial charge in [-0.1, -0.05) is 0 Å². The zero-order valence-corrected chi connectivity index (χ0v) is 27.6. The number of methoxy groups -OCH3 is 1. The molecule has 0 radical (unpaired) electrons. The minimum atomic E-state index is -0.677. The molecule has 6 atom stereocenters. The average Bonchev–Trinajstić information content (AvgIpc) is 3.57. The van der Waals surface area contributed by atoms with Crippen LogP contribution in [-0.4, -0.2) is 121 Å². The summed E-state index contributed by atoms with van der Waals surface area (Å²) in [6, 6.07) is -0.920. The van der Waals surface area contributed by atoms with Gasteiger partial charge in [0.15, 0.2) is 12.6 Å². The second-order valence-corrected chi connectivity index (χ2v) is 13.7. The molecule has 0 saturated carbocycles. The topological polar surface area (TPSA) is 143 Å². The van der Waals surface area contributed by atoms with Crippen molar-refractivity contribution in [2.45, 2.75) is 141 Å². The van der Waals surface area contributed by atoms with Crippen LogP contribution in [0.5, 0.6) is 0 Å². The Balaban J connectivity index is 0.000000241. The van der Waals surface area contributed by atoms with Crippen molar-refractivity contribution in [2.24, 2.45) is 0 Å². The number of aliphatic hydroxyl groups excluding tert-OH is 1. The lowest BCUT2D eigenvalue weighted by atomic mass is 10.2. The second kappa shape index (κ2) is 16.4. The Morgan fingerprint density at radius 1 is 0.750 bits per heavy atom. The number of carbonyl (C=O) groups excluding carboxylic acids is 3. The Labute approximate surface area is 261 Å². The molecule has 4 rings (SSSR count). The van der Waals surface area contributed by atoms with E-state index in [9.17, 15) is 19.5 Å². The molecule has 0 spiro atoms. The largest absolute Gasteiger partial charge is 0.467 e. The molecule has 0 aliphatic carbocycles. The van der Waals surface area contributed by atoms with Crippen LogP contribution in [0.2, 0.25) is 0 Å². The van der Waals surface area contributed by atoms with Crippen molar-refractivity contribution in [1.82, 2.24) is 9.80 Å². The van der Waals surface area contributed by atoms with Crippen molar-refractivity contribution >= 4 is 18.2 Å². The van der Waals surface area contributed by atoms with E-state index in [2.05, 4.69) is 0 Å². The summed E-state index contributed by atoms with van der Waals surface area (Å²) in [5.41, 5.74) is -1.16. The highest BCUT2D eigenvalue weighted by molar-refractivity contribution is 5.82. The van der Waals surface area contributed by atoms with E-state index in [1.54, 1.807) is 25.7 Å². The third-order valence-corrected chi connectivity index (χ3v) is 7.54. The third-order valence-electron chi connectivity index (χ3n) is 7.54. The van der Waals surface area contributed by atoms with E-state index in [0.717, 1.165) is 45.1 Å². The van der Waals surface area contributed by atoms with Crippen LogP contribution >= 0.6 is 0 Å². The molecule has 4 heterocycles. The van der Waals surface area contributed by atoms with Gasteiger partial charge in [-0.15, -0.1) is 0 Å². The van der Waals surface area contributed by atoms with Crippen molar-refractivity contribution in [3.05, 3.63) is 0 Å². The van der Waals surface area contributed by atoms with Gasteiger partial charge >= 0.3 is 18.2 Å². The summed E-state index contributed by atoms with van der Waals surface area (Å²) < 4.78 is 38.5. The van der Waals surface area contributed by atoms with Crippen LogP contribution in [0.25, 0.3) is 0 Å². The molecule has 0 bridgehead atoms. The molecule has 2 unspecified atom stereocenters. The summed E-state index contributed by atoms with van der Waals surface area (Å²) in [5.74, 6) is -0.452. The highest BCUT2D eigenvalue weighted by Crippen LogP contribution is 2.28. The van der Waals surface area contributed by atoms with Crippen molar-refractivity contribution in [3.63, 3.8) is 0 Å². The SMILES string of the molecule is CC(C)(C)OC(=O)N1C[C@H](OC2CCCCO2)C[C@H]1CO.COC(=O)[C@@H]1C[C@@H](OC2CCCCO2)CN1C(=O)OC(C)(C)C. The molecule has 4 fully saturated rings. The Morgan fingerprint density at radius 3 is 1.66 bits per heavy atom. The number of amides is 2. The second-order valence-electron chi connectivity index (χ2n) is 13.7. The van der Waals surface area contributed by atoms with Crippen LogP contribution in [0.1, 0.15) is 92.9 Å². The first kappa shape index (κ1) is 36.3. The summed E-state index contributed by atoms with van der Waals surface area (Å²) in [6.07, 6.45) is 5.33. The van der Waals surface area contributed by atoms with Gasteiger partial charge in [-0.2, -0.15) is 0 Å². The molecule has 0 aromatic heterocycles. The van der Waals surface area contributed by atoms with Crippen LogP contribution in [0.4, 0.5) is 9.59 Å². The zero-order chi connectivity index (χ0) is 32.5. The van der Waals surface area contributed by atoms with Gasteiger partial charge in [0.25, 0.3) is 0 Å². The quantitative estimate of drug-likeness (QED) is 0.336. The standard InChI is InChI=1S/C16H27NO6.C15H27NO5/c1-16(2,3)23-15(19)17-10-11(9-12(17)14(18)20-4)22-13-7-5-6-8-21-13;1-15(2,3)21-14(18)16-9-12(8-11(16)10-17)20-13-6-4-5-7-19-13/h11-13H,5-10H2,1-4H3;11-13,17H,4-10H2,1-3H3/t2*11-,12+,13?/m10/s1. The maximum absolute atomic E-state index is 12.3. The summed E-state index contributed by atoms with van der Waals surface area (Å²) in [5, 5.41) is 9.47. The Bertz CT molecular complexity index is 923. The number of hydrogen-bond acceptors (Lipinski definition) is 11. The van der Waals surface area contributed by atoms with Crippen LogP contribution in [0.3, 0.4) is 0 Å². The third kappa shape index (κ3) is 11.6. The number of rotatable bonds is 6. The lowest BCUT2D eigenvalue weighted by Gasteiger charge is -2.28. The first-order valence-electron chi connectivity index (χ1n) is 15.9. The molecule has 0 aromatic rings. The number of carbonyl (C=O) groups is 3. The Morgan fingerprint density at radius 2 is 1.23 bits per heavy atom. The number of likely N-dealkylation sites (tertiary alicyclic amines) is 2. The molecular weight excluding hydrogens is 576 g/mol. The van der Waals surface area contributed by atoms with Crippen molar-refractivity contribution in [3.8, 4) is 0 Å². The number of hydrogen-bond donors (Lipinski definition) is 1. The van der Waals surface area contributed by atoms with Gasteiger partial charge < -0.3 is 43.2 Å². The van der Waals surface area contributed by atoms with E-state index in [4.69, 9.17) is 33.2 Å². The normalized spacial score (nSPS) is 29.5. The minimum Gasteiger partial charge on any atom is -0.467 e. The Hall–Kier alpha value is -2.19. The predicted octanol–water partition coefficient (Wildman–Crippen LogP) is 3.98. The average molecular weight is 631 g/mol. The molecule has 13 nitrogen and oxygen atoms in total. The number of nitrogens with zero attached hydrogens (tertiary/aromatic N) is 2. The van der Waals surface area contributed by atoms with Crippen LogP contribution in [-0.2, 0) is 38.0 Å². The summed E-state index contributed by atoms with van der Waals surface area (Å²) >= 11 is 0. The van der Waals surface area contributed by atoms with Gasteiger partial charge in [0.1, 0.15) is 17.2 Å². The van der Waals surface area contributed by atoms with Gasteiger partial charge in [0.2, 0.25) is 0 Å². The lowest BCUT2D eigenvalue weighted by molar-refractivity contribution is -0.185. The smallest absolute Gasteiger partial charge is 0.411 e. The Kier molecular flexibility index (Phi) is 13.5. The number of ether oxygens (including phenoxy) is 7. The molecule has 44 heavy (non-hydrogen) atoms. The van der Waals surface area contributed by atoms with E-state index in [0.29, 0.717) is 32.5 Å². The van der Waals surface area contributed by atoms with E-state index in [-0.39, 0.29) is 37.4 Å². The highest BCUT2D eigenvalue weighted by atomic mass is 16.7. The molecule has 4 saturated heterocycles. The van der Waals surface area contributed by atoms with Gasteiger partial charge in [-0.3, -0.25) is 4.90 Å². The van der Waals surface area contributed by atoms with Gasteiger partial charge in [-0.25, -0.2) is 14.4 Å². The summed E-state index contributed by atoms with van der Waals surface area (Å²) in [4.78, 5) is 39.4. The maximum Gasteiger partial charge on any atom is 0.411 e. The van der Waals surface area contributed by atoms with E-state index >= 15 is 0 Å². The highest BCUT2D eigenvalue weighted by Gasteiger charge is 2.44. The molecule has 254 valence electrons. The van der Waals surface area contributed by atoms with Crippen LogP contribution in [0.15, 0.2) is 0 Å².